The molecule has 4 fully saturated rings. The van der Waals surface area contributed by atoms with Crippen LogP contribution in [0.15, 0.2) is 0 Å². The number of fused-ring (bicyclic) bond motifs is 4. The minimum Gasteiger partial charge on any atom is -0.368 e. The van der Waals surface area contributed by atoms with Crippen LogP contribution in [0.2, 0.25) is 0 Å². The molecule has 3 amide bonds. The Balaban J connectivity index is 1.48. The molecule has 33 heavy (non-hydrogen) atoms. The Labute approximate surface area is 199 Å². The van der Waals surface area contributed by atoms with Crippen LogP contribution in [0.5, 0.6) is 0 Å². The van der Waals surface area contributed by atoms with Gasteiger partial charge in [0.2, 0.25) is 11.8 Å². The van der Waals surface area contributed by atoms with Crippen LogP contribution in [0.4, 0.5) is 0 Å². The number of rotatable bonds is 2. The van der Waals surface area contributed by atoms with E-state index in [0.29, 0.717) is 49.7 Å². The van der Waals surface area contributed by atoms with Crippen LogP contribution in [0.25, 0.3) is 0 Å². The van der Waals surface area contributed by atoms with E-state index in [1.807, 2.05) is 4.90 Å². The number of hydrogen-bond donors (Lipinski definition) is 1. The van der Waals surface area contributed by atoms with Gasteiger partial charge in [-0.2, -0.15) is 0 Å². The highest BCUT2D eigenvalue weighted by Crippen LogP contribution is 2.37. The van der Waals surface area contributed by atoms with Gasteiger partial charge in [0, 0.05) is 51.2 Å². The molecule has 0 unspecified atom stereocenters. The van der Waals surface area contributed by atoms with Crippen molar-refractivity contribution >= 4 is 17.7 Å². The number of ether oxygens (including phenoxy) is 1. The highest BCUT2D eigenvalue weighted by molar-refractivity contribution is 5.81. The predicted molar refractivity (Wildman–Crippen MR) is 126 cm³/mol. The van der Waals surface area contributed by atoms with Gasteiger partial charge in [0.1, 0.15) is 6.10 Å². The van der Waals surface area contributed by atoms with Crippen molar-refractivity contribution < 1.29 is 19.1 Å². The highest BCUT2D eigenvalue weighted by Gasteiger charge is 2.44. The molecular formula is C26H43N3O4. The molecule has 0 aliphatic carbocycles. The molecule has 7 heteroatoms. The van der Waals surface area contributed by atoms with Crippen LogP contribution in [0.1, 0.15) is 78.6 Å². The molecule has 4 heterocycles. The van der Waals surface area contributed by atoms with E-state index in [-0.39, 0.29) is 35.9 Å². The molecule has 0 aromatic heterocycles. The second-order valence-electron chi connectivity index (χ2n) is 11.4. The normalized spacial score (nSPS) is 36.5. The van der Waals surface area contributed by atoms with Gasteiger partial charge >= 0.3 is 0 Å². The second kappa shape index (κ2) is 10.7. The molecule has 4 aliphatic heterocycles. The van der Waals surface area contributed by atoms with Gasteiger partial charge in [0.05, 0.1) is 0 Å². The smallest absolute Gasteiger partial charge is 0.251 e. The number of carbonyl (C=O) groups excluding carboxylic acids is 3. The summed E-state index contributed by atoms with van der Waals surface area (Å²) in [5.41, 5.74) is 0. The molecule has 4 rings (SSSR count). The van der Waals surface area contributed by atoms with Gasteiger partial charge in [-0.05, 0) is 68.6 Å². The first-order valence-corrected chi connectivity index (χ1v) is 13.3. The Morgan fingerprint density at radius 1 is 1.06 bits per heavy atom. The number of nitrogens with zero attached hydrogens (tertiary/aromatic N) is 2. The van der Waals surface area contributed by atoms with Crippen LogP contribution >= 0.6 is 0 Å². The quantitative estimate of drug-likeness (QED) is 0.686. The standard InChI is InChI=1S/C26H43N3O4/c1-17(2)21-10-9-18(3)12-25(31)29-15-19-13-20(22(29)6-4-8-24(30)27-21)16-28(14-19)26(32)23-7-5-11-33-23/h17-23H,4-16H2,1-3H3,(H,27,30)/t18-,19+,20+,21+,22+,23-/m1/s1. The van der Waals surface area contributed by atoms with Gasteiger partial charge in [0.25, 0.3) is 5.91 Å². The Bertz CT molecular complexity index is 720. The summed E-state index contributed by atoms with van der Waals surface area (Å²) in [7, 11) is 0. The van der Waals surface area contributed by atoms with Crippen LogP contribution < -0.4 is 5.32 Å². The zero-order valence-electron chi connectivity index (χ0n) is 20.8. The number of nitrogens with one attached hydrogen (secondary N) is 1. The zero-order chi connectivity index (χ0) is 23.5. The number of piperidine rings is 2. The summed E-state index contributed by atoms with van der Waals surface area (Å²) < 4.78 is 5.67. The molecule has 6 atom stereocenters. The van der Waals surface area contributed by atoms with E-state index in [4.69, 9.17) is 4.74 Å². The summed E-state index contributed by atoms with van der Waals surface area (Å²) in [6.45, 7) is 9.34. The predicted octanol–water partition coefficient (Wildman–Crippen LogP) is 2.97. The average molecular weight is 462 g/mol. The van der Waals surface area contributed by atoms with E-state index >= 15 is 0 Å². The second-order valence-corrected chi connectivity index (χ2v) is 11.4. The number of carbonyl (C=O) groups is 3. The Morgan fingerprint density at radius 3 is 2.61 bits per heavy atom. The average Bonchev–Trinajstić information content (AvgIpc) is 3.31. The molecule has 186 valence electrons. The van der Waals surface area contributed by atoms with Gasteiger partial charge < -0.3 is 19.9 Å². The zero-order valence-corrected chi connectivity index (χ0v) is 20.8. The van der Waals surface area contributed by atoms with Gasteiger partial charge in [0.15, 0.2) is 0 Å². The summed E-state index contributed by atoms with van der Waals surface area (Å²) in [5, 5.41) is 3.25. The van der Waals surface area contributed by atoms with E-state index in [0.717, 1.165) is 58.0 Å². The van der Waals surface area contributed by atoms with E-state index < -0.39 is 0 Å². The first-order chi connectivity index (χ1) is 15.8. The lowest BCUT2D eigenvalue weighted by Gasteiger charge is -2.51. The fourth-order valence-electron chi connectivity index (χ4n) is 6.46. The third-order valence-electron chi connectivity index (χ3n) is 8.35. The molecule has 4 aliphatic rings. The minimum atomic E-state index is -0.278. The molecule has 4 saturated heterocycles. The van der Waals surface area contributed by atoms with E-state index in [1.165, 1.54) is 0 Å². The lowest BCUT2D eigenvalue weighted by atomic mass is 9.77. The molecule has 0 radical (unpaired) electrons. The van der Waals surface area contributed by atoms with Crippen LogP contribution in [0, 0.1) is 23.7 Å². The van der Waals surface area contributed by atoms with Crippen molar-refractivity contribution in [2.45, 2.75) is 96.7 Å². The maximum Gasteiger partial charge on any atom is 0.251 e. The number of amides is 3. The topological polar surface area (TPSA) is 79.0 Å². The van der Waals surface area contributed by atoms with E-state index in [2.05, 4.69) is 31.0 Å². The van der Waals surface area contributed by atoms with Crippen molar-refractivity contribution in [1.82, 2.24) is 15.1 Å². The summed E-state index contributed by atoms with van der Waals surface area (Å²) in [6.07, 6.45) is 7.14. The molecule has 0 spiro atoms. The van der Waals surface area contributed by atoms with Gasteiger partial charge in [-0.25, -0.2) is 0 Å². The van der Waals surface area contributed by atoms with Crippen molar-refractivity contribution in [2.24, 2.45) is 23.7 Å². The third kappa shape index (κ3) is 5.90. The van der Waals surface area contributed by atoms with E-state index in [1.54, 1.807) is 0 Å². The first kappa shape index (κ1) is 24.5. The molecule has 1 N–H and O–H groups in total. The van der Waals surface area contributed by atoms with Gasteiger partial charge in [-0.3, -0.25) is 14.4 Å². The maximum absolute atomic E-state index is 13.4. The van der Waals surface area contributed by atoms with Crippen LogP contribution in [-0.4, -0.2) is 72.0 Å². The fourth-order valence-corrected chi connectivity index (χ4v) is 6.46. The SMILES string of the molecule is CC(C)[C@@H]1CC[C@@H](C)CC(=O)N2C[C@H]3C[C@@H](CN(C(=O)[C@H]4CCCO4)C3)[C@@H]2CCCC(=O)N1. The van der Waals surface area contributed by atoms with Crippen molar-refractivity contribution in [3.05, 3.63) is 0 Å². The summed E-state index contributed by atoms with van der Waals surface area (Å²) in [5.74, 6) is 1.86. The minimum absolute atomic E-state index is 0.121. The van der Waals surface area contributed by atoms with Crippen LogP contribution in [-0.2, 0) is 19.1 Å². The first-order valence-electron chi connectivity index (χ1n) is 13.3. The summed E-state index contributed by atoms with van der Waals surface area (Å²) in [4.78, 5) is 43.3. The number of likely N-dealkylation sites (tertiary alicyclic amines) is 1. The number of hydrogen-bond acceptors (Lipinski definition) is 4. The molecule has 2 bridgehead atoms. The largest absolute Gasteiger partial charge is 0.368 e. The van der Waals surface area contributed by atoms with Crippen molar-refractivity contribution in [3.8, 4) is 0 Å². The van der Waals surface area contributed by atoms with Gasteiger partial charge in [-0.1, -0.05) is 20.8 Å². The van der Waals surface area contributed by atoms with E-state index in [9.17, 15) is 14.4 Å². The summed E-state index contributed by atoms with van der Waals surface area (Å²) in [6, 6.07) is 0.297. The van der Waals surface area contributed by atoms with Gasteiger partial charge in [-0.15, -0.1) is 0 Å². The lowest BCUT2D eigenvalue weighted by Crippen LogP contribution is -2.61. The highest BCUT2D eigenvalue weighted by atomic mass is 16.5. The fraction of sp³-hybridized carbons (Fsp3) is 0.885. The van der Waals surface area contributed by atoms with Crippen LogP contribution in [0.3, 0.4) is 0 Å². The molecule has 0 saturated carbocycles. The Hall–Kier alpha value is -1.63. The molecular weight excluding hydrogens is 418 g/mol. The Morgan fingerprint density at radius 2 is 1.88 bits per heavy atom. The molecule has 0 aromatic carbocycles. The van der Waals surface area contributed by atoms with Crippen molar-refractivity contribution in [3.63, 3.8) is 0 Å². The third-order valence-corrected chi connectivity index (χ3v) is 8.35. The summed E-state index contributed by atoms with van der Waals surface area (Å²) >= 11 is 0. The lowest BCUT2D eigenvalue weighted by molar-refractivity contribution is -0.151. The molecule has 7 nitrogen and oxygen atoms in total. The monoisotopic (exact) mass is 461 g/mol. The van der Waals surface area contributed by atoms with Crippen molar-refractivity contribution in [2.75, 3.05) is 26.2 Å². The Kier molecular flexibility index (Phi) is 7.98. The maximum atomic E-state index is 13.4. The molecule has 0 aromatic rings. The van der Waals surface area contributed by atoms with Crippen molar-refractivity contribution in [1.29, 1.82) is 0 Å².